The fraction of sp³-hybridized carbons (Fsp3) is 0.375. The van der Waals surface area contributed by atoms with Crippen LogP contribution in [0, 0.1) is 6.92 Å². The number of methoxy groups -OCH3 is 1. The van der Waals surface area contributed by atoms with E-state index in [1.54, 1.807) is 12.0 Å². The zero-order chi connectivity index (χ0) is 14.5. The van der Waals surface area contributed by atoms with Gasteiger partial charge in [0.2, 0.25) is 0 Å². The molecule has 0 aliphatic heterocycles. The maximum Gasteiger partial charge on any atom is 0.254 e. The molecular weight excluding hydrogens is 252 g/mol. The third kappa shape index (κ3) is 3.14. The van der Waals surface area contributed by atoms with E-state index in [2.05, 4.69) is 4.98 Å². The second-order valence-corrected chi connectivity index (χ2v) is 4.90. The minimum absolute atomic E-state index is 0.0304. The molecular formula is C16H20N2O2. The highest BCUT2D eigenvalue weighted by molar-refractivity contribution is 6.06. The number of pyridine rings is 1. The predicted octanol–water partition coefficient (Wildman–Crippen LogP) is 2.65. The molecule has 2 rings (SSSR count). The minimum Gasteiger partial charge on any atom is -0.385 e. The van der Waals surface area contributed by atoms with E-state index in [1.165, 1.54) is 0 Å². The largest absolute Gasteiger partial charge is 0.385 e. The summed E-state index contributed by atoms with van der Waals surface area (Å²) in [5.74, 6) is 0.0304. The van der Waals surface area contributed by atoms with E-state index >= 15 is 0 Å². The van der Waals surface area contributed by atoms with Crippen LogP contribution in [-0.4, -0.2) is 43.1 Å². The standard InChI is InChI=1S/C16H20N2O2/c1-12-11-14(13-7-4-5-8-15(13)17-12)16(19)18(2)9-6-10-20-3/h4-5,7-8,11H,6,9-10H2,1-3H3. The smallest absolute Gasteiger partial charge is 0.254 e. The molecule has 4 nitrogen and oxygen atoms in total. The van der Waals surface area contributed by atoms with Gasteiger partial charge < -0.3 is 9.64 Å². The summed E-state index contributed by atoms with van der Waals surface area (Å²) in [7, 11) is 3.49. The summed E-state index contributed by atoms with van der Waals surface area (Å²) in [6, 6.07) is 9.60. The Kier molecular flexibility index (Phi) is 4.69. The fourth-order valence-corrected chi connectivity index (χ4v) is 2.24. The zero-order valence-electron chi connectivity index (χ0n) is 12.2. The number of rotatable bonds is 5. The van der Waals surface area contributed by atoms with Crippen LogP contribution in [0.2, 0.25) is 0 Å². The van der Waals surface area contributed by atoms with Crippen LogP contribution in [0.3, 0.4) is 0 Å². The maximum atomic E-state index is 12.6. The first-order chi connectivity index (χ1) is 9.63. The van der Waals surface area contributed by atoms with Crippen molar-refractivity contribution in [3.63, 3.8) is 0 Å². The molecule has 0 radical (unpaired) electrons. The van der Waals surface area contributed by atoms with E-state index in [0.717, 1.165) is 23.0 Å². The Morgan fingerprint density at radius 2 is 2.10 bits per heavy atom. The maximum absolute atomic E-state index is 12.6. The molecule has 0 N–H and O–H groups in total. The minimum atomic E-state index is 0.0304. The van der Waals surface area contributed by atoms with Crippen molar-refractivity contribution < 1.29 is 9.53 Å². The van der Waals surface area contributed by atoms with Gasteiger partial charge in [-0.3, -0.25) is 9.78 Å². The Morgan fingerprint density at radius 1 is 1.35 bits per heavy atom. The third-order valence-electron chi connectivity index (χ3n) is 3.26. The summed E-state index contributed by atoms with van der Waals surface area (Å²) in [5.41, 5.74) is 2.44. The number of fused-ring (bicyclic) bond motifs is 1. The van der Waals surface area contributed by atoms with Crippen molar-refractivity contribution in [2.75, 3.05) is 27.3 Å². The molecule has 0 saturated heterocycles. The van der Waals surface area contributed by atoms with Gasteiger partial charge in [-0.15, -0.1) is 0 Å². The summed E-state index contributed by atoms with van der Waals surface area (Å²) in [5, 5.41) is 0.904. The number of aryl methyl sites for hydroxylation is 1. The van der Waals surface area contributed by atoms with Crippen molar-refractivity contribution in [1.82, 2.24) is 9.88 Å². The van der Waals surface area contributed by atoms with Gasteiger partial charge in [-0.05, 0) is 25.5 Å². The van der Waals surface area contributed by atoms with Crippen molar-refractivity contribution in [3.05, 3.63) is 41.6 Å². The molecule has 1 heterocycles. The van der Waals surface area contributed by atoms with Crippen LogP contribution in [0.5, 0.6) is 0 Å². The molecule has 2 aromatic rings. The van der Waals surface area contributed by atoms with Crippen molar-refractivity contribution in [2.24, 2.45) is 0 Å². The second kappa shape index (κ2) is 6.48. The van der Waals surface area contributed by atoms with E-state index in [0.29, 0.717) is 18.7 Å². The Bertz CT molecular complexity index is 610. The Hall–Kier alpha value is -1.94. The molecule has 106 valence electrons. The Morgan fingerprint density at radius 3 is 2.85 bits per heavy atom. The van der Waals surface area contributed by atoms with Crippen molar-refractivity contribution >= 4 is 16.8 Å². The first-order valence-electron chi connectivity index (χ1n) is 6.74. The van der Waals surface area contributed by atoms with Crippen LogP contribution < -0.4 is 0 Å². The van der Waals surface area contributed by atoms with E-state index < -0.39 is 0 Å². The van der Waals surface area contributed by atoms with E-state index in [1.807, 2.05) is 44.3 Å². The lowest BCUT2D eigenvalue weighted by Gasteiger charge is -2.18. The zero-order valence-corrected chi connectivity index (χ0v) is 12.2. The molecule has 1 amide bonds. The van der Waals surface area contributed by atoms with Crippen LogP contribution in [0.4, 0.5) is 0 Å². The average molecular weight is 272 g/mol. The van der Waals surface area contributed by atoms with Gasteiger partial charge in [0.25, 0.3) is 5.91 Å². The number of aromatic nitrogens is 1. The average Bonchev–Trinajstić information content (AvgIpc) is 2.45. The summed E-state index contributed by atoms with van der Waals surface area (Å²) in [6.07, 6.45) is 0.834. The van der Waals surface area contributed by atoms with Gasteiger partial charge in [0.1, 0.15) is 0 Å². The lowest BCUT2D eigenvalue weighted by atomic mass is 10.1. The molecule has 0 fully saturated rings. The van der Waals surface area contributed by atoms with Crippen molar-refractivity contribution in [2.45, 2.75) is 13.3 Å². The van der Waals surface area contributed by atoms with E-state index in [4.69, 9.17) is 4.74 Å². The van der Waals surface area contributed by atoms with Crippen LogP contribution in [0.15, 0.2) is 30.3 Å². The van der Waals surface area contributed by atoms with Crippen LogP contribution in [0.1, 0.15) is 22.5 Å². The summed E-state index contributed by atoms with van der Waals surface area (Å²) in [4.78, 5) is 18.8. The SMILES string of the molecule is COCCCN(C)C(=O)c1cc(C)nc2ccccc12. The number of carbonyl (C=O) groups excluding carboxylic acids is 1. The molecule has 0 bridgehead atoms. The van der Waals surface area contributed by atoms with Gasteiger partial charge in [0.05, 0.1) is 11.1 Å². The van der Waals surface area contributed by atoms with Crippen LogP contribution in [0.25, 0.3) is 10.9 Å². The molecule has 0 unspecified atom stereocenters. The normalized spacial score (nSPS) is 10.8. The molecule has 4 heteroatoms. The Balaban J connectivity index is 2.29. The van der Waals surface area contributed by atoms with E-state index in [-0.39, 0.29) is 5.91 Å². The number of ether oxygens (including phenoxy) is 1. The summed E-state index contributed by atoms with van der Waals surface area (Å²) >= 11 is 0. The lowest BCUT2D eigenvalue weighted by Crippen LogP contribution is -2.28. The van der Waals surface area contributed by atoms with Gasteiger partial charge in [-0.25, -0.2) is 0 Å². The van der Waals surface area contributed by atoms with Crippen molar-refractivity contribution in [3.8, 4) is 0 Å². The van der Waals surface area contributed by atoms with Gasteiger partial charge in [-0.2, -0.15) is 0 Å². The molecule has 1 aromatic carbocycles. The van der Waals surface area contributed by atoms with Gasteiger partial charge >= 0.3 is 0 Å². The quantitative estimate of drug-likeness (QED) is 0.786. The number of hydrogen-bond donors (Lipinski definition) is 0. The number of benzene rings is 1. The van der Waals surface area contributed by atoms with Crippen LogP contribution in [-0.2, 0) is 4.74 Å². The number of para-hydroxylation sites is 1. The van der Waals surface area contributed by atoms with Crippen molar-refractivity contribution in [1.29, 1.82) is 0 Å². The first-order valence-corrected chi connectivity index (χ1v) is 6.74. The number of nitrogens with zero attached hydrogens (tertiary/aromatic N) is 2. The number of carbonyl (C=O) groups is 1. The van der Waals surface area contributed by atoms with Crippen LogP contribution >= 0.6 is 0 Å². The summed E-state index contributed by atoms with van der Waals surface area (Å²) in [6.45, 7) is 3.25. The topological polar surface area (TPSA) is 42.4 Å². The number of amides is 1. The van der Waals surface area contributed by atoms with Gasteiger partial charge in [-0.1, -0.05) is 18.2 Å². The number of hydrogen-bond acceptors (Lipinski definition) is 3. The highest BCUT2D eigenvalue weighted by atomic mass is 16.5. The van der Waals surface area contributed by atoms with Gasteiger partial charge in [0, 0.05) is 38.4 Å². The highest BCUT2D eigenvalue weighted by Gasteiger charge is 2.15. The predicted molar refractivity (Wildman–Crippen MR) is 79.9 cm³/mol. The molecule has 0 saturated carbocycles. The summed E-state index contributed by atoms with van der Waals surface area (Å²) < 4.78 is 5.02. The molecule has 20 heavy (non-hydrogen) atoms. The monoisotopic (exact) mass is 272 g/mol. The molecule has 0 aliphatic carbocycles. The lowest BCUT2D eigenvalue weighted by molar-refractivity contribution is 0.0781. The third-order valence-corrected chi connectivity index (χ3v) is 3.26. The molecule has 1 aromatic heterocycles. The molecule has 0 spiro atoms. The Labute approximate surface area is 119 Å². The first kappa shape index (κ1) is 14.5. The highest BCUT2D eigenvalue weighted by Crippen LogP contribution is 2.19. The molecule has 0 aliphatic rings. The second-order valence-electron chi connectivity index (χ2n) is 4.90. The molecule has 0 atom stereocenters. The fourth-order valence-electron chi connectivity index (χ4n) is 2.24. The van der Waals surface area contributed by atoms with E-state index in [9.17, 15) is 4.79 Å². The van der Waals surface area contributed by atoms with Gasteiger partial charge in [0.15, 0.2) is 0 Å².